The average Bonchev–Trinajstić information content (AvgIpc) is 2.09. The number of methoxy groups -OCH3 is 1. The maximum absolute atomic E-state index is 13.3. The molecule has 84 valence electrons. The molecule has 0 saturated heterocycles. The van der Waals surface area contributed by atoms with E-state index in [2.05, 4.69) is 35.8 Å². The van der Waals surface area contributed by atoms with Gasteiger partial charge in [0.05, 0.1) is 11.3 Å². The van der Waals surface area contributed by atoms with Crippen molar-refractivity contribution in [3.63, 3.8) is 0 Å². The van der Waals surface area contributed by atoms with Crippen LogP contribution in [0.25, 0.3) is 0 Å². The summed E-state index contributed by atoms with van der Waals surface area (Å²) in [5.74, 6) is -0.241. The number of esters is 1. The molecular formula is C8H17FO2P2S. The Morgan fingerprint density at radius 2 is 2.14 bits per heavy atom. The van der Waals surface area contributed by atoms with E-state index in [1.165, 1.54) is 7.11 Å². The summed E-state index contributed by atoms with van der Waals surface area (Å²) in [6.45, 7) is 0. The topological polar surface area (TPSA) is 26.3 Å². The number of carbonyl (C=O) groups is 1. The van der Waals surface area contributed by atoms with Gasteiger partial charge >= 0.3 is 5.97 Å². The van der Waals surface area contributed by atoms with E-state index in [9.17, 15) is 9.18 Å². The maximum atomic E-state index is 13.3. The second-order valence-electron chi connectivity index (χ2n) is 3.18. The van der Waals surface area contributed by atoms with Crippen LogP contribution >= 0.6 is 31.1 Å². The Bertz CT molecular complexity index is 185. The van der Waals surface area contributed by atoms with Crippen molar-refractivity contribution in [2.24, 2.45) is 0 Å². The zero-order chi connectivity index (χ0) is 11.2. The van der Waals surface area contributed by atoms with Gasteiger partial charge in [-0.1, -0.05) is 0 Å². The number of alkyl halides is 1. The summed E-state index contributed by atoms with van der Waals surface area (Å²) in [5, 5.41) is 0. The third-order valence-electron chi connectivity index (χ3n) is 1.82. The van der Waals surface area contributed by atoms with Crippen molar-refractivity contribution in [1.82, 2.24) is 0 Å². The molecule has 0 fully saturated rings. The van der Waals surface area contributed by atoms with Gasteiger partial charge in [-0.25, -0.2) is 4.39 Å². The van der Waals surface area contributed by atoms with E-state index < -0.39 is 10.4 Å². The second-order valence-corrected chi connectivity index (χ2v) is 7.50. The molecule has 0 aliphatic carbocycles. The number of hydrogen-bond acceptors (Lipinski definition) is 3. The van der Waals surface area contributed by atoms with Gasteiger partial charge in [0.1, 0.15) is 6.17 Å². The molecule has 0 aromatic heterocycles. The summed E-state index contributed by atoms with van der Waals surface area (Å²) >= 11 is 4.07. The van der Waals surface area contributed by atoms with Gasteiger partial charge in [0, 0.05) is 6.42 Å². The summed E-state index contributed by atoms with van der Waals surface area (Å²) in [6.07, 6.45) is 1.09. The minimum Gasteiger partial charge on any atom is -0.469 e. The lowest BCUT2D eigenvalue weighted by molar-refractivity contribution is -0.140. The van der Waals surface area contributed by atoms with Gasteiger partial charge in [-0.2, -0.15) is 12.6 Å². The fourth-order valence-electron chi connectivity index (χ4n) is 0.926. The predicted molar refractivity (Wildman–Crippen MR) is 66.5 cm³/mol. The van der Waals surface area contributed by atoms with Crippen LogP contribution in [0.5, 0.6) is 0 Å². The number of hydrogen-bond donors (Lipinski definition) is 1. The molecule has 0 spiro atoms. The zero-order valence-electron chi connectivity index (χ0n) is 8.20. The van der Waals surface area contributed by atoms with Crippen LogP contribution in [0.2, 0.25) is 0 Å². The Morgan fingerprint density at radius 1 is 1.57 bits per heavy atom. The van der Waals surface area contributed by atoms with E-state index in [1.807, 2.05) is 0 Å². The number of thiol groups is 1. The van der Waals surface area contributed by atoms with Gasteiger partial charge in [-0.15, -0.1) is 18.5 Å². The van der Waals surface area contributed by atoms with Crippen LogP contribution in [-0.2, 0) is 9.53 Å². The van der Waals surface area contributed by atoms with Crippen molar-refractivity contribution in [3.8, 4) is 0 Å². The Balaban J connectivity index is 3.50. The first-order valence-electron chi connectivity index (χ1n) is 4.39. The Kier molecular flexibility index (Phi) is 7.28. The van der Waals surface area contributed by atoms with E-state index in [0.29, 0.717) is 25.7 Å². The highest BCUT2D eigenvalue weighted by atomic mass is 32.1. The third-order valence-corrected chi connectivity index (χ3v) is 2.82. The van der Waals surface area contributed by atoms with Crippen LogP contribution in [-0.4, -0.2) is 23.5 Å². The predicted octanol–water partition coefficient (Wildman–Crippen LogP) is 2.39. The molecule has 0 rings (SSSR count). The van der Waals surface area contributed by atoms with Gasteiger partial charge in [-0.05, 0) is 19.3 Å². The molecule has 14 heavy (non-hydrogen) atoms. The molecule has 0 amide bonds. The Morgan fingerprint density at radius 3 is 2.57 bits per heavy atom. The molecule has 6 heteroatoms. The number of halogens is 1. The van der Waals surface area contributed by atoms with Gasteiger partial charge in [0.2, 0.25) is 0 Å². The summed E-state index contributed by atoms with van der Waals surface area (Å²) in [7, 11) is 6.01. The maximum Gasteiger partial charge on any atom is 0.305 e. The average molecular weight is 258 g/mol. The summed E-state index contributed by atoms with van der Waals surface area (Å²) in [5.41, 5.74) is 0. The highest BCUT2D eigenvalue weighted by Crippen LogP contribution is 2.38. The monoisotopic (exact) mass is 258 g/mol. The van der Waals surface area contributed by atoms with Crippen LogP contribution in [0.1, 0.15) is 25.7 Å². The molecule has 0 bridgehead atoms. The summed E-state index contributed by atoms with van der Waals surface area (Å²) in [4.78, 5) is 10.7. The van der Waals surface area contributed by atoms with Crippen LogP contribution in [0.3, 0.4) is 0 Å². The summed E-state index contributed by atoms with van der Waals surface area (Å²) in [6, 6.07) is 0. The third kappa shape index (κ3) is 6.98. The van der Waals surface area contributed by atoms with Crippen LogP contribution in [0.4, 0.5) is 4.39 Å². The number of rotatable bonds is 6. The van der Waals surface area contributed by atoms with Crippen molar-refractivity contribution in [2.75, 3.05) is 7.11 Å². The van der Waals surface area contributed by atoms with Crippen molar-refractivity contribution in [1.29, 1.82) is 0 Å². The quantitative estimate of drug-likeness (QED) is 0.343. The Labute approximate surface area is 94.5 Å². The minimum absolute atomic E-state index is 0.241. The van der Waals surface area contributed by atoms with Gasteiger partial charge in [-0.3, -0.25) is 4.79 Å². The fraction of sp³-hybridized carbons (Fsp3) is 0.875. The zero-order valence-corrected chi connectivity index (χ0v) is 11.4. The van der Waals surface area contributed by atoms with Gasteiger partial charge < -0.3 is 4.74 Å². The number of ether oxygens (including phenoxy) is 1. The lowest BCUT2D eigenvalue weighted by atomic mass is 10.1. The molecule has 0 N–H and O–H groups in total. The molecule has 0 aliphatic heterocycles. The molecule has 2 nitrogen and oxygen atoms in total. The van der Waals surface area contributed by atoms with Gasteiger partial charge in [0.25, 0.3) is 0 Å². The highest BCUT2D eigenvalue weighted by molar-refractivity contribution is 7.93. The SMILES string of the molecule is COC(=O)CCCCC(F)C(P)(P)S. The normalized spacial score (nSPS) is 13.8. The first-order valence-corrected chi connectivity index (χ1v) is 5.99. The minimum atomic E-state index is -1.00. The van der Waals surface area contributed by atoms with E-state index in [4.69, 9.17) is 0 Å². The fourth-order valence-corrected chi connectivity index (χ4v) is 1.39. The highest BCUT2D eigenvalue weighted by Gasteiger charge is 2.24. The number of unbranched alkanes of at least 4 members (excludes halogenated alkanes) is 1. The number of carbonyl (C=O) groups excluding carboxylic acids is 1. The van der Waals surface area contributed by atoms with Crippen molar-refractivity contribution in [3.05, 3.63) is 0 Å². The molecular weight excluding hydrogens is 241 g/mol. The second kappa shape index (κ2) is 6.98. The molecule has 0 aliphatic rings. The van der Waals surface area contributed by atoms with Crippen molar-refractivity contribution >= 4 is 37.1 Å². The molecule has 3 unspecified atom stereocenters. The van der Waals surface area contributed by atoms with E-state index in [0.717, 1.165) is 0 Å². The standard InChI is InChI=1S/C8H17FO2P2S/c1-11-7(10)5-3-2-4-6(9)8(12,13)14/h6,14H,2-5,12-13H2,1H3. The molecule has 3 atom stereocenters. The van der Waals surface area contributed by atoms with E-state index in [-0.39, 0.29) is 5.97 Å². The first kappa shape index (κ1) is 14.6. The molecule has 0 aromatic carbocycles. The lowest BCUT2D eigenvalue weighted by Crippen LogP contribution is -2.19. The molecule has 0 saturated carbocycles. The largest absolute Gasteiger partial charge is 0.469 e. The van der Waals surface area contributed by atoms with E-state index in [1.54, 1.807) is 0 Å². The molecule has 0 heterocycles. The molecule has 0 radical (unpaired) electrons. The molecule has 0 aromatic rings. The summed E-state index contributed by atoms with van der Waals surface area (Å²) < 4.78 is 17.0. The van der Waals surface area contributed by atoms with Crippen LogP contribution < -0.4 is 0 Å². The van der Waals surface area contributed by atoms with Crippen molar-refractivity contribution in [2.45, 2.75) is 36.1 Å². The van der Waals surface area contributed by atoms with Crippen LogP contribution in [0.15, 0.2) is 0 Å². The van der Waals surface area contributed by atoms with Gasteiger partial charge in [0.15, 0.2) is 0 Å². The van der Waals surface area contributed by atoms with Crippen molar-refractivity contribution < 1.29 is 13.9 Å². The first-order chi connectivity index (χ1) is 6.38. The Hall–Kier alpha value is 0.610. The van der Waals surface area contributed by atoms with E-state index >= 15 is 0 Å². The smallest absolute Gasteiger partial charge is 0.305 e. The van der Waals surface area contributed by atoms with Crippen LogP contribution in [0, 0.1) is 0 Å². The lowest BCUT2D eigenvalue weighted by Gasteiger charge is -2.21.